The fraction of sp³-hybridized carbons (Fsp3) is 0.400. The van der Waals surface area contributed by atoms with Gasteiger partial charge in [-0.25, -0.2) is 9.50 Å². The van der Waals surface area contributed by atoms with Crippen LogP contribution in [0.25, 0.3) is 5.65 Å². The number of imidazole rings is 1. The Morgan fingerprint density at radius 2 is 1.90 bits per heavy atom. The number of hydrogen-bond donors (Lipinski definition) is 3. The van der Waals surface area contributed by atoms with Crippen molar-refractivity contribution in [2.75, 3.05) is 10.6 Å². The van der Waals surface area contributed by atoms with Crippen LogP contribution in [-0.2, 0) is 6.18 Å². The smallest absolute Gasteiger partial charge is 0.366 e. The number of aryl methyl sites for hydroxylation is 1. The zero-order valence-corrected chi connectivity index (χ0v) is 16.0. The molecule has 6 nitrogen and oxygen atoms in total. The van der Waals surface area contributed by atoms with E-state index in [9.17, 15) is 13.2 Å². The molecule has 0 unspecified atom stereocenters. The first-order valence-electron chi connectivity index (χ1n) is 9.61. The van der Waals surface area contributed by atoms with Crippen LogP contribution >= 0.6 is 0 Å². The molecule has 2 aromatic heterocycles. The predicted octanol–water partition coefficient (Wildman–Crippen LogP) is 4.48. The summed E-state index contributed by atoms with van der Waals surface area (Å²) in [5, 5.41) is 11.0. The predicted molar refractivity (Wildman–Crippen MR) is 106 cm³/mol. The molecule has 0 aliphatic heterocycles. The van der Waals surface area contributed by atoms with Crippen LogP contribution in [0.5, 0.6) is 0 Å². The summed E-state index contributed by atoms with van der Waals surface area (Å²) in [6.07, 6.45) is 2.74. The number of alkyl halides is 3. The van der Waals surface area contributed by atoms with Crippen LogP contribution in [0.4, 0.5) is 30.4 Å². The lowest BCUT2D eigenvalue weighted by Gasteiger charge is -2.27. The molecule has 9 heteroatoms. The standard InChI is InChI=1S/C20H23F3N6/c1-12-2-5-15(10-16(12)20(21,22)23)26-17-11-18(28-29-9-8-25-19(17)29)27-14-6-3-13(24)4-7-14/h2,5,8-11,13-14,26H,3-4,6-7,24H2,1H3,(H,27,28)/t13-,14-. The van der Waals surface area contributed by atoms with E-state index in [1.54, 1.807) is 29.0 Å². The Hall–Kier alpha value is -2.81. The van der Waals surface area contributed by atoms with Crippen molar-refractivity contribution in [2.45, 2.75) is 50.9 Å². The minimum atomic E-state index is -4.41. The summed E-state index contributed by atoms with van der Waals surface area (Å²) in [4.78, 5) is 4.27. The minimum absolute atomic E-state index is 0.182. The molecule has 4 N–H and O–H groups in total. The Balaban J connectivity index is 1.63. The van der Waals surface area contributed by atoms with Crippen LogP contribution in [0.15, 0.2) is 36.7 Å². The highest BCUT2D eigenvalue weighted by atomic mass is 19.4. The number of anilines is 3. The molecule has 4 rings (SSSR count). The third-order valence-electron chi connectivity index (χ3n) is 5.30. The van der Waals surface area contributed by atoms with Gasteiger partial charge in [0.25, 0.3) is 0 Å². The lowest BCUT2D eigenvalue weighted by atomic mass is 9.92. The number of nitrogens with two attached hydrogens (primary N) is 1. The van der Waals surface area contributed by atoms with Gasteiger partial charge in [0.1, 0.15) is 5.82 Å². The lowest BCUT2D eigenvalue weighted by Crippen LogP contribution is -2.33. The van der Waals surface area contributed by atoms with E-state index in [4.69, 9.17) is 5.73 Å². The van der Waals surface area contributed by atoms with Crippen LogP contribution in [0.2, 0.25) is 0 Å². The van der Waals surface area contributed by atoms with Crippen molar-refractivity contribution in [1.29, 1.82) is 0 Å². The Morgan fingerprint density at radius 1 is 1.14 bits per heavy atom. The number of nitrogens with zero attached hydrogens (tertiary/aromatic N) is 3. The summed E-state index contributed by atoms with van der Waals surface area (Å²) >= 11 is 0. The molecule has 3 aromatic rings. The van der Waals surface area contributed by atoms with Gasteiger partial charge in [0.05, 0.1) is 11.3 Å². The Bertz CT molecular complexity index is 1010. The monoisotopic (exact) mass is 404 g/mol. The minimum Gasteiger partial charge on any atom is -0.366 e. The number of rotatable bonds is 4. The number of halogens is 3. The van der Waals surface area contributed by atoms with Crippen LogP contribution in [0.1, 0.15) is 36.8 Å². The molecule has 0 amide bonds. The van der Waals surface area contributed by atoms with Crippen molar-refractivity contribution in [1.82, 2.24) is 14.6 Å². The summed E-state index contributed by atoms with van der Waals surface area (Å²) < 4.78 is 41.4. The fourth-order valence-corrected chi connectivity index (χ4v) is 3.71. The van der Waals surface area contributed by atoms with Crippen molar-refractivity contribution < 1.29 is 13.2 Å². The molecule has 154 valence electrons. The second kappa shape index (κ2) is 7.55. The topological polar surface area (TPSA) is 80.3 Å². The van der Waals surface area contributed by atoms with Crippen LogP contribution in [0, 0.1) is 6.92 Å². The van der Waals surface area contributed by atoms with Gasteiger partial charge in [0, 0.05) is 36.2 Å². The van der Waals surface area contributed by atoms with Gasteiger partial charge >= 0.3 is 6.18 Å². The van der Waals surface area contributed by atoms with E-state index in [2.05, 4.69) is 20.7 Å². The molecule has 0 spiro atoms. The molecule has 1 aromatic carbocycles. The van der Waals surface area contributed by atoms with Gasteiger partial charge < -0.3 is 16.4 Å². The number of nitrogens with one attached hydrogen (secondary N) is 2. The third kappa shape index (κ3) is 4.29. The number of fused-ring (bicyclic) bond motifs is 1. The number of hydrogen-bond acceptors (Lipinski definition) is 5. The molecule has 0 radical (unpaired) electrons. The number of benzene rings is 1. The first-order chi connectivity index (χ1) is 13.8. The van der Waals surface area contributed by atoms with Gasteiger partial charge in [-0.2, -0.15) is 13.2 Å². The highest BCUT2D eigenvalue weighted by Gasteiger charge is 2.32. The summed E-state index contributed by atoms with van der Waals surface area (Å²) in [5.41, 5.74) is 6.95. The largest absolute Gasteiger partial charge is 0.416 e. The summed E-state index contributed by atoms with van der Waals surface area (Å²) in [6.45, 7) is 1.45. The molecule has 0 bridgehead atoms. The molecule has 1 aliphatic rings. The molecule has 29 heavy (non-hydrogen) atoms. The first kappa shape index (κ1) is 19.5. The average molecular weight is 404 g/mol. The molecular weight excluding hydrogens is 381 g/mol. The Kier molecular flexibility index (Phi) is 5.08. The first-order valence-corrected chi connectivity index (χ1v) is 9.61. The van der Waals surface area contributed by atoms with Gasteiger partial charge in [-0.3, -0.25) is 0 Å². The van der Waals surface area contributed by atoms with Gasteiger partial charge in [-0.15, -0.1) is 5.10 Å². The van der Waals surface area contributed by atoms with Crippen molar-refractivity contribution in [3.63, 3.8) is 0 Å². The molecule has 0 saturated heterocycles. The highest BCUT2D eigenvalue weighted by Crippen LogP contribution is 2.34. The maximum Gasteiger partial charge on any atom is 0.416 e. The Morgan fingerprint density at radius 3 is 2.62 bits per heavy atom. The zero-order valence-electron chi connectivity index (χ0n) is 16.0. The second-order valence-electron chi connectivity index (χ2n) is 7.55. The molecular formula is C20H23F3N6. The quantitative estimate of drug-likeness (QED) is 0.597. The van der Waals surface area contributed by atoms with Crippen molar-refractivity contribution in [3.8, 4) is 0 Å². The zero-order chi connectivity index (χ0) is 20.6. The highest BCUT2D eigenvalue weighted by molar-refractivity contribution is 5.76. The SMILES string of the molecule is Cc1ccc(Nc2cc(N[C@H]3CC[C@H](N)CC3)nn3ccnc23)cc1C(F)(F)F. The van der Waals surface area contributed by atoms with E-state index in [-0.39, 0.29) is 17.6 Å². The van der Waals surface area contributed by atoms with E-state index in [0.717, 1.165) is 31.7 Å². The second-order valence-corrected chi connectivity index (χ2v) is 7.55. The summed E-state index contributed by atoms with van der Waals surface area (Å²) in [7, 11) is 0. The van der Waals surface area contributed by atoms with E-state index >= 15 is 0 Å². The van der Waals surface area contributed by atoms with Gasteiger partial charge in [-0.05, 0) is 50.3 Å². The average Bonchev–Trinajstić information content (AvgIpc) is 3.13. The lowest BCUT2D eigenvalue weighted by molar-refractivity contribution is -0.138. The van der Waals surface area contributed by atoms with Crippen molar-refractivity contribution in [3.05, 3.63) is 47.8 Å². The molecule has 1 aliphatic carbocycles. The Labute approximate surface area is 166 Å². The molecule has 1 saturated carbocycles. The maximum atomic E-state index is 13.2. The third-order valence-corrected chi connectivity index (χ3v) is 5.30. The van der Waals surface area contributed by atoms with E-state index in [1.807, 2.05) is 0 Å². The van der Waals surface area contributed by atoms with Crippen LogP contribution < -0.4 is 16.4 Å². The maximum absolute atomic E-state index is 13.2. The fourth-order valence-electron chi connectivity index (χ4n) is 3.71. The molecule has 1 fully saturated rings. The van der Waals surface area contributed by atoms with Crippen LogP contribution in [0.3, 0.4) is 0 Å². The van der Waals surface area contributed by atoms with E-state index in [1.165, 1.54) is 13.0 Å². The molecule has 0 atom stereocenters. The van der Waals surface area contributed by atoms with E-state index in [0.29, 0.717) is 22.8 Å². The van der Waals surface area contributed by atoms with Crippen molar-refractivity contribution in [2.24, 2.45) is 5.73 Å². The summed E-state index contributed by atoms with van der Waals surface area (Å²) in [5.74, 6) is 0.640. The van der Waals surface area contributed by atoms with Crippen LogP contribution in [-0.4, -0.2) is 26.7 Å². The summed E-state index contributed by atoms with van der Waals surface area (Å²) in [6, 6.07) is 6.50. The van der Waals surface area contributed by atoms with Gasteiger partial charge in [0.2, 0.25) is 0 Å². The van der Waals surface area contributed by atoms with Crippen molar-refractivity contribution >= 4 is 22.8 Å². The molecule has 2 heterocycles. The van der Waals surface area contributed by atoms with E-state index < -0.39 is 11.7 Å². The number of aromatic nitrogens is 3. The normalized spacial score (nSPS) is 20.0. The van der Waals surface area contributed by atoms with Gasteiger partial charge in [-0.1, -0.05) is 6.07 Å². The van der Waals surface area contributed by atoms with Gasteiger partial charge in [0.15, 0.2) is 5.65 Å².